The molecule has 0 spiro atoms. The lowest BCUT2D eigenvalue weighted by Crippen LogP contribution is -2.48. The SMILES string of the molecule is NC(=O)N1CCC(NC(=O)OCc2ccccc2)CC1. The Bertz CT molecular complexity index is 456. The van der Waals surface area contributed by atoms with Crippen LogP contribution < -0.4 is 11.1 Å². The highest BCUT2D eigenvalue weighted by Crippen LogP contribution is 2.10. The van der Waals surface area contributed by atoms with Crippen LogP contribution in [-0.4, -0.2) is 36.2 Å². The largest absolute Gasteiger partial charge is 0.445 e. The number of alkyl carbamates (subject to hydrolysis) is 1. The third kappa shape index (κ3) is 4.15. The Hall–Kier alpha value is -2.24. The molecule has 6 heteroatoms. The summed E-state index contributed by atoms with van der Waals surface area (Å²) >= 11 is 0. The first-order chi connectivity index (χ1) is 9.65. The van der Waals surface area contributed by atoms with Crippen LogP contribution in [0.15, 0.2) is 30.3 Å². The fourth-order valence-electron chi connectivity index (χ4n) is 2.18. The average molecular weight is 277 g/mol. The highest BCUT2D eigenvalue weighted by Gasteiger charge is 2.22. The van der Waals surface area contributed by atoms with Crippen molar-refractivity contribution in [3.63, 3.8) is 0 Å². The molecule has 1 aliphatic rings. The highest BCUT2D eigenvalue weighted by molar-refractivity contribution is 5.72. The number of nitrogens with two attached hydrogens (primary N) is 1. The molecule has 6 nitrogen and oxygen atoms in total. The summed E-state index contributed by atoms with van der Waals surface area (Å²) in [5.41, 5.74) is 6.15. The number of carbonyl (C=O) groups excluding carboxylic acids is 2. The van der Waals surface area contributed by atoms with Crippen molar-refractivity contribution in [3.8, 4) is 0 Å². The van der Waals surface area contributed by atoms with Gasteiger partial charge in [-0.25, -0.2) is 9.59 Å². The highest BCUT2D eigenvalue weighted by atomic mass is 16.5. The van der Waals surface area contributed by atoms with E-state index in [2.05, 4.69) is 5.32 Å². The van der Waals surface area contributed by atoms with Gasteiger partial charge in [0.2, 0.25) is 0 Å². The second kappa shape index (κ2) is 6.79. The van der Waals surface area contributed by atoms with Gasteiger partial charge in [0.1, 0.15) is 6.61 Å². The van der Waals surface area contributed by atoms with E-state index in [0.29, 0.717) is 25.9 Å². The van der Waals surface area contributed by atoms with Gasteiger partial charge in [0.15, 0.2) is 0 Å². The third-order valence-electron chi connectivity index (χ3n) is 3.34. The molecule has 0 atom stereocenters. The molecule has 1 fully saturated rings. The summed E-state index contributed by atoms with van der Waals surface area (Å²) in [7, 11) is 0. The zero-order valence-electron chi connectivity index (χ0n) is 11.2. The fraction of sp³-hybridized carbons (Fsp3) is 0.429. The summed E-state index contributed by atoms with van der Waals surface area (Å²) < 4.78 is 5.15. The van der Waals surface area contributed by atoms with Crippen LogP contribution in [0.25, 0.3) is 0 Å². The number of nitrogens with one attached hydrogen (secondary N) is 1. The lowest BCUT2D eigenvalue weighted by molar-refractivity contribution is 0.129. The van der Waals surface area contributed by atoms with Crippen LogP contribution >= 0.6 is 0 Å². The maximum absolute atomic E-state index is 11.7. The molecule has 108 valence electrons. The minimum atomic E-state index is -0.425. The number of rotatable bonds is 3. The van der Waals surface area contributed by atoms with Crippen LogP contribution in [0.1, 0.15) is 18.4 Å². The Morgan fingerprint density at radius 3 is 2.50 bits per heavy atom. The van der Waals surface area contributed by atoms with Gasteiger partial charge < -0.3 is 20.7 Å². The molecule has 1 aromatic carbocycles. The topological polar surface area (TPSA) is 84.7 Å². The molecular weight excluding hydrogens is 258 g/mol. The summed E-state index contributed by atoms with van der Waals surface area (Å²) in [5.74, 6) is 0. The van der Waals surface area contributed by atoms with Gasteiger partial charge in [0.05, 0.1) is 0 Å². The molecule has 2 rings (SSSR count). The molecule has 0 aliphatic carbocycles. The van der Waals surface area contributed by atoms with Crippen LogP contribution in [-0.2, 0) is 11.3 Å². The summed E-state index contributed by atoms with van der Waals surface area (Å²) in [5, 5.41) is 2.81. The van der Waals surface area contributed by atoms with E-state index in [4.69, 9.17) is 10.5 Å². The lowest BCUT2D eigenvalue weighted by Gasteiger charge is -2.30. The molecule has 0 aromatic heterocycles. The second-order valence-electron chi connectivity index (χ2n) is 4.81. The Morgan fingerprint density at radius 2 is 1.90 bits per heavy atom. The van der Waals surface area contributed by atoms with Crippen LogP contribution in [0, 0.1) is 0 Å². The molecule has 0 radical (unpaired) electrons. The average Bonchev–Trinajstić information content (AvgIpc) is 2.47. The van der Waals surface area contributed by atoms with Crippen LogP contribution in [0.4, 0.5) is 9.59 Å². The number of amides is 3. The number of hydrogen-bond acceptors (Lipinski definition) is 3. The van der Waals surface area contributed by atoms with Gasteiger partial charge in [-0.2, -0.15) is 0 Å². The molecule has 0 bridgehead atoms. The number of urea groups is 1. The van der Waals surface area contributed by atoms with Crippen molar-refractivity contribution >= 4 is 12.1 Å². The Balaban J connectivity index is 1.69. The van der Waals surface area contributed by atoms with E-state index in [0.717, 1.165) is 5.56 Å². The minimum absolute atomic E-state index is 0.0360. The normalized spacial score (nSPS) is 15.7. The van der Waals surface area contributed by atoms with Crippen molar-refractivity contribution in [1.29, 1.82) is 0 Å². The summed E-state index contributed by atoms with van der Waals surface area (Å²) in [4.78, 5) is 24.2. The predicted molar refractivity (Wildman–Crippen MR) is 73.9 cm³/mol. The summed E-state index contributed by atoms with van der Waals surface area (Å²) in [6.07, 6.45) is 0.971. The molecule has 1 heterocycles. The van der Waals surface area contributed by atoms with Gasteiger partial charge in [-0.3, -0.25) is 0 Å². The quantitative estimate of drug-likeness (QED) is 0.877. The number of ether oxygens (including phenoxy) is 1. The first kappa shape index (κ1) is 14.2. The molecule has 1 aromatic rings. The predicted octanol–water partition coefficient (Wildman–Crippen LogP) is 1.46. The zero-order valence-corrected chi connectivity index (χ0v) is 11.2. The van der Waals surface area contributed by atoms with E-state index in [9.17, 15) is 9.59 Å². The summed E-state index contributed by atoms with van der Waals surface area (Å²) in [6, 6.07) is 9.14. The van der Waals surface area contributed by atoms with Crippen LogP contribution in [0.2, 0.25) is 0 Å². The van der Waals surface area contributed by atoms with Crippen molar-refractivity contribution in [2.24, 2.45) is 5.73 Å². The van der Waals surface area contributed by atoms with E-state index in [1.165, 1.54) is 0 Å². The van der Waals surface area contributed by atoms with Gasteiger partial charge in [-0.15, -0.1) is 0 Å². The first-order valence-corrected chi connectivity index (χ1v) is 6.67. The Kier molecular flexibility index (Phi) is 4.81. The molecule has 20 heavy (non-hydrogen) atoms. The fourth-order valence-corrected chi connectivity index (χ4v) is 2.18. The monoisotopic (exact) mass is 277 g/mol. The number of nitrogens with zero attached hydrogens (tertiary/aromatic N) is 1. The molecule has 0 saturated carbocycles. The van der Waals surface area contributed by atoms with Crippen LogP contribution in [0.5, 0.6) is 0 Å². The van der Waals surface area contributed by atoms with Crippen molar-refractivity contribution in [2.45, 2.75) is 25.5 Å². The molecule has 3 amide bonds. The molecular formula is C14H19N3O3. The van der Waals surface area contributed by atoms with Gasteiger partial charge in [0.25, 0.3) is 0 Å². The zero-order chi connectivity index (χ0) is 14.4. The number of primary amides is 1. The van der Waals surface area contributed by atoms with E-state index in [-0.39, 0.29) is 12.6 Å². The van der Waals surface area contributed by atoms with Crippen molar-refractivity contribution < 1.29 is 14.3 Å². The van der Waals surface area contributed by atoms with E-state index in [1.807, 2.05) is 30.3 Å². The van der Waals surface area contributed by atoms with E-state index in [1.54, 1.807) is 4.90 Å². The number of piperidine rings is 1. The minimum Gasteiger partial charge on any atom is -0.445 e. The lowest BCUT2D eigenvalue weighted by atomic mass is 10.1. The number of hydrogen-bond donors (Lipinski definition) is 2. The van der Waals surface area contributed by atoms with Gasteiger partial charge in [-0.1, -0.05) is 30.3 Å². The molecule has 3 N–H and O–H groups in total. The standard InChI is InChI=1S/C14H19N3O3/c15-13(18)17-8-6-12(7-9-17)16-14(19)20-10-11-4-2-1-3-5-11/h1-5,12H,6-10H2,(H2,15,18)(H,16,19). The summed E-state index contributed by atoms with van der Waals surface area (Å²) in [6.45, 7) is 1.39. The first-order valence-electron chi connectivity index (χ1n) is 6.67. The van der Waals surface area contributed by atoms with E-state index < -0.39 is 12.1 Å². The number of carbonyl (C=O) groups is 2. The third-order valence-corrected chi connectivity index (χ3v) is 3.34. The maximum atomic E-state index is 11.7. The van der Waals surface area contributed by atoms with Crippen molar-refractivity contribution in [3.05, 3.63) is 35.9 Å². The maximum Gasteiger partial charge on any atom is 0.407 e. The second-order valence-corrected chi connectivity index (χ2v) is 4.81. The van der Waals surface area contributed by atoms with Crippen molar-refractivity contribution in [1.82, 2.24) is 10.2 Å². The smallest absolute Gasteiger partial charge is 0.407 e. The number of benzene rings is 1. The van der Waals surface area contributed by atoms with Gasteiger partial charge in [0, 0.05) is 19.1 Å². The van der Waals surface area contributed by atoms with Crippen LogP contribution in [0.3, 0.4) is 0 Å². The number of likely N-dealkylation sites (tertiary alicyclic amines) is 1. The Morgan fingerprint density at radius 1 is 1.25 bits per heavy atom. The Labute approximate surface area is 117 Å². The van der Waals surface area contributed by atoms with E-state index >= 15 is 0 Å². The van der Waals surface area contributed by atoms with Gasteiger partial charge >= 0.3 is 12.1 Å². The molecule has 1 saturated heterocycles. The molecule has 1 aliphatic heterocycles. The van der Waals surface area contributed by atoms with Gasteiger partial charge in [-0.05, 0) is 18.4 Å². The van der Waals surface area contributed by atoms with Crippen molar-refractivity contribution in [2.75, 3.05) is 13.1 Å². The molecule has 0 unspecified atom stereocenters.